The summed E-state index contributed by atoms with van der Waals surface area (Å²) in [5, 5.41) is 0. The standard InChI is InChI=1S/C23H29N2.ClH/c1-22(2,17-20-11-7-5-8-12-20)24-15-16-25(19-24)23(3,4)18-21-13-9-6-10-14-21;/h5-16,19H,17-18H2,1-4H3;1H/q+1;/p-1. The Bertz CT molecular complexity index is 736. The van der Waals surface area contributed by atoms with Crippen molar-refractivity contribution < 1.29 is 17.0 Å². The van der Waals surface area contributed by atoms with Gasteiger partial charge in [-0.05, 0) is 38.8 Å². The van der Waals surface area contributed by atoms with E-state index in [-0.39, 0.29) is 23.5 Å². The molecule has 3 aromatic rings. The van der Waals surface area contributed by atoms with Crippen LogP contribution in [0.3, 0.4) is 0 Å². The van der Waals surface area contributed by atoms with Crippen LogP contribution in [-0.2, 0) is 23.9 Å². The van der Waals surface area contributed by atoms with Crippen LogP contribution in [0.15, 0.2) is 79.4 Å². The number of imidazole rings is 1. The molecule has 26 heavy (non-hydrogen) atoms. The van der Waals surface area contributed by atoms with Crippen molar-refractivity contribution in [3.05, 3.63) is 90.5 Å². The predicted octanol–water partition coefficient (Wildman–Crippen LogP) is 1.74. The molecule has 0 N–H and O–H groups in total. The molecule has 0 aliphatic carbocycles. The van der Waals surface area contributed by atoms with E-state index >= 15 is 0 Å². The van der Waals surface area contributed by atoms with Gasteiger partial charge in [-0.3, -0.25) is 0 Å². The number of hydrogen-bond acceptors (Lipinski definition) is 0. The molecule has 0 radical (unpaired) electrons. The fraction of sp³-hybridized carbons (Fsp3) is 0.348. The lowest BCUT2D eigenvalue weighted by Crippen LogP contribution is -3.00. The highest BCUT2D eigenvalue weighted by molar-refractivity contribution is 5.17. The Labute approximate surface area is 163 Å². The van der Waals surface area contributed by atoms with E-state index in [0.717, 1.165) is 12.8 Å². The zero-order valence-electron chi connectivity index (χ0n) is 16.2. The van der Waals surface area contributed by atoms with Crippen molar-refractivity contribution in [1.82, 2.24) is 4.57 Å². The van der Waals surface area contributed by atoms with Crippen LogP contribution >= 0.6 is 0 Å². The monoisotopic (exact) mass is 368 g/mol. The quantitative estimate of drug-likeness (QED) is 0.586. The summed E-state index contributed by atoms with van der Waals surface area (Å²) in [4.78, 5) is 0. The van der Waals surface area contributed by atoms with Crippen LogP contribution in [0.5, 0.6) is 0 Å². The van der Waals surface area contributed by atoms with Crippen LogP contribution in [0.25, 0.3) is 0 Å². The normalized spacial score (nSPS) is 11.8. The Morgan fingerprint density at radius 3 is 1.81 bits per heavy atom. The maximum Gasteiger partial charge on any atom is 0.244 e. The van der Waals surface area contributed by atoms with E-state index in [1.165, 1.54) is 11.1 Å². The molecule has 2 nitrogen and oxygen atoms in total. The fourth-order valence-corrected chi connectivity index (χ4v) is 3.44. The first-order chi connectivity index (χ1) is 11.9. The van der Waals surface area contributed by atoms with Gasteiger partial charge in [-0.25, -0.2) is 9.13 Å². The third-order valence-electron chi connectivity index (χ3n) is 4.99. The molecule has 3 rings (SSSR count). The fourth-order valence-electron chi connectivity index (χ4n) is 3.44. The number of nitrogens with zero attached hydrogens (tertiary/aromatic N) is 2. The summed E-state index contributed by atoms with van der Waals surface area (Å²) in [5.41, 5.74) is 2.82. The van der Waals surface area contributed by atoms with Gasteiger partial charge in [-0.2, -0.15) is 0 Å². The van der Waals surface area contributed by atoms with Gasteiger partial charge < -0.3 is 12.4 Å². The van der Waals surface area contributed by atoms with Gasteiger partial charge in [0.2, 0.25) is 6.33 Å². The highest BCUT2D eigenvalue weighted by atomic mass is 35.5. The number of benzene rings is 2. The lowest BCUT2D eigenvalue weighted by atomic mass is 9.94. The third-order valence-corrected chi connectivity index (χ3v) is 4.99. The van der Waals surface area contributed by atoms with Gasteiger partial charge in [0.05, 0.1) is 0 Å². The van der Waals surface area contributed by atoms with Crippen LogP contribution in [0, 0.1) is 0 Å². The number of rotatable bonds is 6. The molecule has 0 aliphatic rings. The molecule has 0 aliphatic heterocycles. The van der Waals surface area contributed by atoms with E-state index in [4.69, 9.17) is 0 Å². The molecular formula is C23H29ClN2. The van der Waals surface area contributed by atoms with Crippen molar-refractivity contribution in [3.8, 4) is 0 Å². The number of hydrogen-bond donors (Lipinski definition) is 0. The summed E-state index contributed by atoms with van der Waals surface area (Å²) in [7, 11) is 0. The second-order valence-electron chi connectivity index (χ2n) is 8.18. The first-order valence-electron chi connectivity index (χ1n) is 9.05. The van der Waals surface area contributed by atoms with Crippen molar-refractivity contribution in [2.24, 2.45) is 0 Å². The van der Waals surface area contributed by atoms with Crippen molar-refractivity contribution in [2.45, 2.75) is 51.6 Å². The first-order valence-corrected chi connectivity index (χ1v) is 9.05. The molecule has 2 aromatic carbocycles. The molecule has 1 aromatic heterocycles. The predicted molar refractivity (Wildman–Crippen MR) is 104 cm³/mol. The molecule has 0 fully saturated rings. The summed E-state index contributed by atoms with van der Waals surface area (Å²) < 4.78 is 4.68. The smallest absolute Gasteiger partial charge is 0.244 e. The van der Waals surface area contributed by atoms with E-state index in [1.54, 1.807) is 0 Å². The summed E-state index contributed by atoms with van der Waals surface area (Å²) in [6.45, 7) is 9.20. The van der Waals surface area contributed by atoms with Gasteiger partial charge >= 0.3 is 0 Å². The second kappa shape index (κ2) is 8.09. The number of halogens is 1. The van der Waals surface area contributed by atoms with Gasteiger partial charge in [0.15, 0.2) is 0 Å². The maximum atomic E-state index is 2.34. The minimum Gasteiger partial charge on any atom is -1.00 e. The average Bonchev–Trinajstić information content (AvgIpc) is 3.08. The summed E-state index contributed by atoms with van der Waals surface area (Å²) in [6.07, 6.45) is 8.69. The van der Waals surface area contributed by atoms with E-state index in [0.29, 0.717) is 0 Å². The first kappa shape index (κ1) is 20.3. The Kier molecular flexibility index (Phi) is 6.30. The number of aromatic nitrogens is 2. The molecule has 0 bridgehead atoms. The Morgan fingerprint density at radius 2 is 1.27 bits per heavy atom. The van der Waals surface area contributed by atoms with Crippen molar-refractivity contribution in [2.75, 3.05) is 0 Å². The molecule has 0 amide bonds. The SMILES string of the molecule is CC(C)(Cc1ccccc1)n1cc[n+](C(C)(C)Cc2ccccc2)c1.[Cl-]. The second-order valence-corrected chi connectivity index (χ2v) is 8.18. The third kappa shape index (κ3) is 4.76. The van der Waals surface area contributed by atoms with Gasteiger partial charge in [0.1, 0.15) is 23.5 Å². The summed E-state index contributed by atoms with van der Waals surface area (Å²) >= 11 is 0. The molecule has 0 spiro atoms. The molecule has 1 heterocycles. The van der Waals surface area contributed by atoms with Crippen LogP contribution in [0.2, 0.25) is 0 Å². The van der Waals surface area contributed by atoms with Crippen molar-refractivity contribution in [3.63, 3.8) is 0 Å². The highest BCUT2D eigenvalue weighted by Gasteiger charge is 2.31. The van der Waals surface area contributed by atoms with Crippen molar-refractivity contribution >= 4 is 0 Å². The molecule has 0 saturated carbocycles. The minimum atomic E-state index is 0. The topological polar surface area (TPSA) is 8.81 Å². The Hall–Kier alpha value is -2.06. The molecule has 3 heteroatoms. The van der Waals surface area contributed by atoms with Crippen LogP contribution in [0.4, 0.5) is 0 Å². The largest absolute Gasteiger partial charge is 1.00 e. The van der Waals surface area contributed by atoms with Crippen LogP contribution < -0.4 is 17.0 Å². The van der Waals surface area contributed by atoms with E-state index < -0.39 is 0 Å². The van der Waals surface area contributed by atoms with Gasteiger partial charge in [0.25, 0.3) is 0 Å². The van der Waals surface area contributed by atoms with Crippen LogP contribution in [-0.4, -0.2) is 4.57 Å². The molecular weight excluding hydrogens is 340 g/mol. The lowest BCUT2D eigenvalue weighted by molar-refractivity contribution is -0.757. The van der Waals surface area contributed by atoms with Gasteiger partial charge in [-0.1, -0.05) is 60.7 Å². The zero-order valence-corrected chi connectivity index (χ0v) is 16.9. The van der Waals surface area contributed by atoms with Gasteiger partial charge in [0, 0.05) is 12.8 Å². The van der Waals surface area contributed by atoms with Gasteiger partial charge in [-0.15, -0.1) is 0 Å². The van der Waals surface area contributed by atoms with Crippen LogP contribution in [0.1, 0.15) is 38.8 Å². The zero-order chi connectivity index (χ0) is 17.9. The van der Waals surface area contributed by atoms with E-state index in [2.05, 4.69) is 116 Å². The molecule has 0 unspecified atom stereocenters. The Morgan fingerprint density at radius 1 is 0.769 bits per heavy atom. The minimum absolute atomic E-state index is 0. The molecule has 0 atom stereocenters. The Balaban J connectivity index is 0.00000243. The highest BCUT2D eigenvalue weighted by Crippen LogP contribution is 2.22. The molecule has 138 valence electrons. The summed E-state index contributed by atoms with van der Waals surface area (Å²) in [5.74, 6) is 0. The maximum absolute atomic E-state index is 2.34. The van der Waals surface area contributed by atoms with Crippen molar-refractivity contribution in [1.29, 1.82) is 0 Å². The summed E-state index contributed by atoms with van der Waals surface area (Å²) in [6, 6.07) is 21.4. The van der Waals surface area contributed by atoms with E-state index in [1.807, 2.05) is 0 Å². The average molecular weight is 369 g/mol. The molecule has 0 saturated heterocycles. The lowest BCUT2D eigenvalue weighted by Gasteiger charge is -2.23. The van der Waals surface area contributed by atoms with E-state index in [9.17, 15) is 0 Å².